The van der Waals surface area contributed by atoms with Crippen LogP contribution in [0, 0.1) is 5.92 Å². The van der Waals surface area contributed by atoms with E-state index in [1.165, 1.54) is 7.11 Å². The molecule has 2 amide bonds. The maximum absolute atomic E-state index is 13.0. The fraction of sp³-hybridized carbons (Fsp3) is 0.667. The van der Waals surface area contributed by atoms with Crippen molar-refractivity contribution >= 4 is 23.9 Å². The first-order valence-corrected chi connectivity index (χ1v) is 14.4. The number of benzene rings is 1. The second-order valence-electron chi connectivity index (χ2n) is 11.9. The Morgan fingerprint density at radius 3 is 2.59 bits per heavy atom. The first-order chi connectivity index (χ1) is 19.4. The molecule has 1 fully saturated rings. The topological polar surface area (TPSA) is 132 Å². The predicted molar refractivity (Wildman–Crippen MR) is 151 cm³/mol. The number of esters is 2. The lowest BCUT2D eigenvalue weighted by Crippen LogP contribution is -2.47. The van der Waals surface area contributed by atoms with Gasteiger partial charge in [-0.25, -0.2) is 9.59 Å². The van der Waals surface area contributed by atoms with Crippen molar-refractivity contribution in [3.63, 3.8) is 0 Å². The summed E-state index contributed by atoms with van der Waals surface area (Å²) in [5.41, 5.74) is 1.50. The summed E-state index contributed by atoms with van der Waals surface area (Å²) in [4.78, 5) is 51.3. The maximum atomic E-state index is 13.0. The van der Waals surface area contributed by atoms with Gasteiger partial charge in [-0.1, -0.05) is 26.0 Å². The van der Waals surface area contributed by atoms with Gasteiger partial charge in [0, 0.05) is 38.0 Å². The molecule has 0 bridgehead atoms. The zero-order chi connectivity index (χ0) is 30.2. The second kappa shape index (κ2) is 14.5. The molecule has 2 aliphatic rings. The molecule has 0 aliphatic carbocycles. The standard InChI is InChI=1S/C30H45N3O8/c1-19(2)26(28(36)41-30(3,4)5)32-29(37)39-15-8-7-12-25(34)33-14-13-20-10-9-11-24(22(20)18-33)40-21-16-23(31-17-21)27(35)38-6/h9-11,19,21,23,26,31H,7-8,12-18H2,1-6H3,(H,32,37)/t21-,23+,26+/m1/s1. The monoisotopic (exact) mass is 575 g/mol. The quantitative estimate of drug-likeness (QED) is 0.232. The highest BCUT2D eigenvalue weighted by molar-refractivity contribution is 5.82. The summed E-state index contributed by atoms with van der Waals surface area (Å²) in [5, 5.41) is 5.72. The minimum atomic E-state index is -0.807. The van der Waals surface area contributed by atoms with Crippen molar-refractivity contribution in [1.82, 2.24) is 15.5 Å². The molecule has 11 heteroatoms. The third-order valence-electron chi connectivity index (χ3n) is 7.07. The predicted octanol–water partition coefficient (Wildman–Crippen LogP) is 3.12. The number of carbonyl (C=O) groups is 4. The van der Waals surface area contributed by atoms with Gasteiger partial charge in [0.2, 0.25) is 5.91 Å². The van der Waals surface area contributed by atoms with Gasteiger partial charge < -0.3 is 34.5 Å². The lowest BCUT2D eigenvalue weighted by molar-refractivity contribution is -0.158. The van der Waals surface area contributed by atoms with Crippen molar-refractivity contribution in [2.75, 3.05) is 26.8 Å². The Hall–Kier alpha value is -3.34. The number of unbranched alkanes of at least 4 members (excludes halogenated alkanes) is 1. The molecule has 228 valence electrons. The molecule has 3 atom stereocenters. The average Bonchev–Trinajstić information content (AvgIpc) is 3.38. The summed E-state index contributed by atoms with van der Waals surface area (Å²) >= 11 is 0. The van der Waals surface area contributed by atoms with Crippen molar-refractivity contribution < 1.29 is 38.1 Å². The van der Waals surface area contributed by atoms with Crippen LogP contribution in [0.5, 0.6) is 5.75 Å². The van der Waals surface area contributed by atoms with E-state index in [-0.39, 0.29) is 36.5 Å². The molecule has 1 aromatic carbocycles. The Balaban J connectivity index is 1.42. The SMILES string of the molecule is COC(=O)[C@@H]1C[C@@H](Oc2cccc3c2CN(C(=O)CCCCOC(=O)N[C@H](C(=O)OC(C)(C)C)C(C)C)CC3)CN1. The number of methoxy groups -OCH3 is 1. The van der Waals surface area contributed by atoms with Gasteiger partial charge in [0.05, 0.1) is 13.7 Å². The van der Waals surface area contributed by atoms with Gasteiger partial charge in [0.1, 0.15) is 29.5 Å². The van der Waals surface area contributed by atoms with Crippen LogP contribution < -0.4 is 15.4 Å². The lowest BCUT2D eigenvalue weighted by Gasteiger charge is -2.31. The van der Waals surface area contributed by atoms with E-state index in [4.69, 9.17) is 18.9 Å². The normalized spacial score (nSPS) is 19.2. The Bertz CT molecular complexity index is 1080. The molecule has 0 radical (unpaired) electrons. The first-order valence-electron chi connectivity index (χ1n) is 14.4. The fourth-order valence-corrected chi connectivity index (χ4v) is 4.90. The van der Waals surface area contributed by atoms with Crippen molar-refractivity contribution in [3.8, 4) is 5.75 Å². The largest absolute Gasteiger partial charge is 0.489 e. The molecule has 2 aliphatic heterocycles. The molecule has 11 nitrogen and oxygen atoms in total. The molecule has 41 heavy (non-hydrogen) atoms. The number of carbonyl (C=O) groups excluding carboxylic acids is 4. The molecule has 0 aromatic heterocycles. The van der Waals surface area contributed by atoms with Crippen LogP contribution in [0.25, 0.3) is 0 Å². The third-order valence-corrected chi connectivity index (χ3v) is 7.07. The number of fused-ring (bicyclic) bond motifs is 1. The highest BCUT2D eigenvalue weighted by atomic mass is 16.6. The van der Waals surface area contributed by atoms with Crippen molar-refractivity contribution in [3.05, 3.63) is 29.3 Å². The highest BCUT2D eigenvalue weighted by Gasteiger charge is 2.33. The van der Waals surface area contributed by atoms with Gasteiger partial charge in [-0.3, -0.25) is 9.59 Å². The van der Waals surface area contributed by atoms with E-state index in [1.54, 1.807) is 20.8 Å². The van der Waals surface area contributed by atoms with Gasteiger partial charge >= 0.3 is 18.0 Å². The highest BCUT2D eigenvalue weighted by Crippen LogP contribution is 2.30. The molecular formula is C30H45N3O8. The van der Waals surface area contributed by atoms with Gasteiger partial charge in [0.25, 0.3) is 0 Å². The van der Waals surface area contributed by atoms with E-state index in [9.17, 15) is 19.2 Å². The minimum absolute atomic E-state index is 0.0352. The van der Waals surface area contributed by atoms with Crippen LogP contribution >= 0.6 is 0 Å². The third kappa shape index (κ3) is 9.62. The van der Waals surface area contributed by atoms with Crippen LogP contribution in [-0.4, -0.2) is 79.4 Å². The number of nitrogens with zero attached hydrogens (tertiary/aromatic N) is 1. The average molecular weight is 576 g/mol. The Kier molecular flexibility index (Phi) is 11.4. The van der Waals surface area contributed by atoms with E-state index < -0.39 is 23.7 Å². The number of hydrogen-bond donors (Lipinski definition) is 2. The Labute approximate surface area is 242 Å². The Morgan fingerprint density at radius 2 is 1.90 bits per heavy atom. The first kappa shape index (κ1) is 32.2. The van der Waals surface area contributed by atoms with Crippen molar-refractivity contribution in [2.24, 2.45) is 5.92 Å². The molecule has 1 saturated heterocycles. The van der Waals surface area contributed by atoms with Gasteiger partial charge in [-0.15, -0.1) is 0 Å². The number of rotatable bonds is 11. The van der Waals surface area contributed by atoms with E-state index in [1.807, 2.05) is 30.9 Å². The molecule has 1 aromatic rings. The zero-order valence-electron chi connectivity index (χ0n) is 25.1. The summed E-state index contributed by atoms with van der Waals surface area (Å²) in [6.45, 7) is 10.7. The van der Waals surface area contributed by atoms with Crippen LogP contribution in [0.1, 0.15) is 71.4 Å². The van der Waals surface area contributed by atoms with E-state index in [0.717, 1.165) is 23.3 Å². The van der Waals surface area contributed by atoms with Crippen LogP contribution in [-0.2, 0) is 41.6 Å². The molecule has 2 heterocycles. The second-order valence-corrected chi connectivity index (χ2v) is 11.9. The van der Waals surface area contributed by atoms with Crippen molar-refractivity contribution in [1.29, 1.82) is 0 Å². The van der Waals surface area contributed by atoms with Crippen molar-refractivity contribution in [2.45, 2.75) is 97.1 Å². The van der Waals surface area contributed by atoms with Gasteiger partial charge in [0.15, 0.2) is 0 Å². The summed E-state index contributed by atoms with van der Waals surface area (Å²) in [6, 6.07) is 4.74. The Morgan fingerprint density at radius 1 is 1.15 bits per heavy atom. The van der Waals surface area contributed by atoms with Crippen LogP contribution in [0.3, 0.4) is 0 Å². The van der Waals surface area contributed by atoms with Gasteiger partial charge in [-0.2, -0.15) is 0 Å². The molecule has 0 unspecified atom stereocenters. The summed E-state index contributed by atoms with van der Waals surface area (Å²) < 4.78 is 21.7. The maximum Gasteiger partial charge on any atom is 0.407 e. The summed E-state index contributed by atoms with van der Waals surface area (Å²) in [5.74, 6) is -0.190. The van der Waals surface area contributed by atoms with E-state index in [0.29, 0.717) is 45.3 Å². The summed E-state index contributed by atoms with van der Waals surface area (Å²) in [6.07, 6.45) is 1.85. The molecule has 0 spiro atoms. The van der Waals surface area contributed by atoms with Crippen LogP contribution in [0.2, 0.25) is 0 Å². The smallest absolute Gasteiger partial charge is 0.407 e. The van der Waals surface area contributed by atoms with Crippen LogP contribution in [0.15, 0.2) is 18.2 Å². The zero-order valence-corrected chi connectivity index (χ0v) is 25.1. The van der Waals surface area contributed by atoms with Gasteiger partial charge in [-0.05, 0) is 57.6 Å². The van der Waals surface area contributed by atoms with Crippen LogP contribution in [0.4, 0.5) is 4.79 Å². The molecular weight excluding hydrogens is 530 g/mol. The molecule has 2 N–H and O–H groups in total. The fourth-order valence-electron chi connectivity index (χ4n) is 4.90. The number of amides is 2. The molecule has 0 saturated carbocycles. The molecule has 3 rings (SSSR count). The van der Waals surface area contributed by atoms with E-state index in [2.05, 4.69) is 16.7 Å². The summed E-state index contributed by atoms with van der Waals surface area (Å²) in [7, 11) is 1.37. The van der Waals surface area contributed by atoms with E-state index >= 15 is 0 Å². The number of nitrogens with one attached hydrogen (secondary N) is 2. The number of ether oxygens (including phenoxy) is 4. The number of alkyl carbamates (subject to hydrolysis) is 1. The number of hydrogen-bond acceptors (Lipinski definition) is 9. The lowest BCUT2D eigenvalue weighted by atomic mass is 9.98. The minimum Gasteiger partial charge on any atom is -0.489 e.